The van der Waals surface area contributed by atoms with E-state index >= 15 is 0 Å². The standard InChI is InChI=1S/C9H9N3S2/c10-5-7-2-1-3-8(4-7)14-9-12-11-6-13-9/h1-4,6H,5,10H2. The Morgan fingerprint density at radius 1 is 1.43 bits per heavy atom. The average Bonchev–Trinajstić information content (AvgIpc) is 2.71. The molecule has 0 saturated carbocycles. The molecule has 1 heterocycles. The van der Waals surface area contributed by atoms with Gasteiger partial charge in [0.2, 0.25) is 0 Å². The predicted molar refractivity (Wildman–Crippen MR) is 58.4 cm³/mol. The summed E-state index contributed by atoms with van der Waals surface area (Å²) in [6, 6.07) is 8.15. The molecule has 0 fully saturated rings. The van der Waals surface area contributed by atoms with Crippen molar-refractivity contribution in [2.24, 2.45) is 5.73 Å². The first kappa shape index (κ1) is 9.64. The maximum Gasteiger partial charge on any atom is 0.178 e. The van der Waals surface area contributed by atoms with Crippen molar-refractivity contribution in [1.82, 2.24) is 10.2 Å². The summed E-state index contributed by atoms with van der Waals surface area (Å²) >= 11 is 3.15. The average molecular weight is 223 g/mol. The summed E-state index contributed by atoms with van der Waals surface area (Å²) in [5.74, 6) is 0. The SMILES string of the molecule is NCc1cccc(Sc2nncs2)c1. The second-order valence-corrected chi connectivity index (χ2v) is 4.81. The summed E-state index contributed by atoms with van der Waals surface area (Å²) < 4.78 is 0.958. The maximum absolute atomic E-state index is 5.56. The Labute approximate surface area is 90.4 Å². The van der Waals surface area contributed by atoms with Gasteiger partial charge in [-0.15, -0.1) is 10.2 Å². The lowest BCUT2D eigenvalue weighted by Gasteiger charge is -1.99. The number of benzene rings is 1. The topological polar surface area (TPSA) is 51.8 Å². The molecule has 0 amide bonds. The molecule has 2 aromatic rings. The Kier molecular flexibility index (Phi) is 3.13. The van der Waals surface area contributed by atoms with Crippen LogP contribution in [0.15, 0.2) is 39.0 Å². The molecule has 1 aromatic heterocycles. The van der Waals surface area contributed by atoms with Gasteiger partial charge in [-0.05, 0) is 17.7 Å². The highest BCUT2D eigenvalue weighted by atomic mass is 32.2. The first-order valence-corrected chi connectivity index (χ1v) is 5.81. The zero-order valence-corrected chi connectivity index (χ0v) is 9.02. The van der Waals surface area contributed by atoms with Crippen LogP contribution in [0, 0.1) is 0 Å². The lowest BCUT2D eigenvalue weighted by Crippen LogP contribution is -1.95. The van der Waals surface area contributed by atoms with Gasteiger partial charge in [-0.2, -0.15) is 0 Å². The Morgan fingerprint density at radius 3 is 3.07 bits per heavy atom. The predicted octanol–water partition coefficient (Wildman–Crippen LogP) is 2.15. The van der Waals surface area contributed by atoms with Gasteiger partial charge in [0, 0.05) is 11.4 Å². The molecule has 1 aromatic carbocycles. The molecule has 0 radical (unpaired) electrons. The zero-order valence-electron chi connectivity index (χ0n) is 7.38. The van der Waals surface area contributed by atoms with Crippen LogP contribution in [0.5, 0.6) is 0 Å². The third-order valence-electron chi connectivity index (χ3n) is 1.68. The van der Waals surface area contributed by atoms with Gasteiger partial charge in [-0.1, -0.05) is 35.2 Å². The van der Waals surface area contributed by atoms with E-state index in [0.29, 0.717) is 6.54 Å². The number of nitrogens with two attached hydrogens (primary N) is 1. The molecule has 2 N–H and O–H groups in total. The highest BCUT2D eigenvalue weighted by Crippen LogP contribution is 2.28. The Balaban J connectivity index is 2.17. The van der Waals surface area contributed by atoms with E-state index in [-0.39, 0.29) is 0 Å². The summed E-state index contributed by atoms with van der Waals surface area (Å²) in [7, 11) is 0. The number of hydrogen-bond donors (Lipinski definition) is 1. The normalized spacial score (nSPS) is 10.4. The number of hydrogen-bond acceptors (Lipinski definition) is 5. The lowest BCUT2D eigenvalue weighted by atomic mass is 10.2. The summed E-state index contributed by atoms with van der Waals surface area (Å²) in [5.41, 5.74) is 8.43. The van der Waals surface area contributed by atoms with E-state index in [2.05, 4.69) is 16.3 Å². The molecule has 72 valence electrons. The minimum atomic E-state index is 0.574. The second kappa shape index (κ2) is 4.54. The molecule has 5 heteroatoms. The fraction of sp³-hybridized carbons (Fsp3) is 0.111. The summed E-state index contributed by atoms with van der Waals surface area (Å²) in [6.45, 7) is 0.574. The van der Waals surface area contributed by atoms with E-state index in [1.165, 1.54) is 0 Å². The van der Waals surface area contributed by atoms with Gasteiger partial charge in [0.05, 0.1) is 0 Å². The van der Waals surface area contributed by atoms with Crippen molar-refractivity contribution < 1.29 is 0 Å². The minimum absolute atomic E-state index is 0.574. The van der Waals surface area contributed by atoms with Crippen LogP contribution in [0.4, 0.5) is 0 Å². The molecule has 0 unspecified atom stereocenters. The molecule has 0 aliphatic heterocycles. The van der Waals surface area contributed by atoms with Crippen LogP contribution >= 0.6 is 23.1 Å². The van der Waals surface area contributed by atoms with Crippen molar-refractivity contribution in [1.29, 1.82) is 0 Å². The Hall–Kier alpha value is -0.910. The number of aromatic nitrogens is 2. The van der Waals surface area contributed by atoms with Crippen LogP contribution in [-0.4, -0.2) is 10.2 Å². The summed E-state index contributed by atoms with van der Waals surface area (Å²) in [6.07, 6.45) is 0. The fourth-order valence-corrected chi connectivity index (χ4v) is 2.58. The third kappa shape index (κ3) is 2.31. The summed E-state index contributed by atoms with van der Waals surface area (Å²) in [4.78, 5) is 1.16. The molecule has 3 nitrogen and oxygen atoms in total. The van der Waals surface area contributed by atoms with Crippen molar-refractivity contribution in [3.63, 3.8) is 0 Å². The van der Waals surface area contributed by atoms with Gasteiger partial charge in [0.1, 0.15) is 5.51 Å². The highest BCUT2D eigenvalue weighted by Gasteiger charge is 2.00. The highest BCUT2D eigenvalue weighted by molar-refractivity contribution is 8.01. The van der Waals surface area contributed by atoms with Gasteiger partial charge in [0.25, 0.3) is 0 Å². The van der Waals surface area contributed by atoms with Gasteiger partial charge in [-0.25, -0.2) is 0 Å². The Morgan fingerprint density at radius 2 is 2.36 bits per heavy atom. The minimum Gasteiger partial charge on any atom is -0.326 e. The van der Waals surface area contributed by atoms with Crippen LogP contribution in [0.3, 0.4) is 0 Å². The van der Waals surface area contributed by atoms with Gasteiger partial charge < -0.3 is 5.73 Å². The van der Waals surface area contributed by atoms with Crippen molar-refractivity contribution in [3.05, 3.63) is 35.3 Å². The van der Waals surface area contributed by atoms with Crippen molar-refractivity contribution in [2.75, 3.05) is 0 Å². The first-order chi connectivity index (χ1) is 6.88. The molecule has 0 bridgehead atoms. The maximum atomic E-state index is 5.56. The van der Waals surface area contributed by atoms with Crippen LogP contribution in [-0.2, 0) is 6.54 Å². The molecular weight excluding hydrogens is 214 g/mol. The fourth-order valence-electron chi connectivity index (χ4n) is 1.04. The zero-order chi connectivity index (χ0) is 9.80. The molecule has 14 heavy (non-hydrogen) atoms. The molecular formula is C9H9N3S2. The molecule has 0 saturated heterocycles. The van der Waals surface area contributed by atoms with Crippen LogP contribution in [0.25, 0.3) is 0 Å². The monoisotopic (exact) mass is 223 g/mol. The van der Waals surface area contributed by atoms with Crippen molar-refractivity contribution >= 4 is 23.1 Å². The van der Waals surface area contributed by atoms with Crippen LogP contribution in [0.2, 0.25) is 0 Å². The lowest BCUT2D eigenvalue weighted by molar-refractivity contribution is 1.01. The van der Waals surface area contributed by atoms with E-state index in [0.717, 1.165) is 14.8 Å². The van der Waals surface area contributed by atoms with Gasteiger partial charge >= 0.3 is 0 Å². The largest absolute Gasteiger partial charge is 0.326 e. The molecule has 0 aliphatic rings. The molecule has 0 aliphatic carbocycles. The van der Waals surface area contributed by atoms with E-state index in [1.807, 2.05) is 18.2 Å². The van der Waals surface area contributed by atoms with Crippen molar-refractivity contribution in [3.8, 4) is 0 Å². The van der Waals surface area contributed by atoms with Crippen LogP contribution in [0.1, 0.15) is 5.56 Å². The molecule has 0 spiro atoms. The van der Waals surface area contributed by atoms with Crippen molar-refractivity contribution in [2.45, 2.75) is 15.8 Å². The smallest absolute Gasteiger partial charge is 0.178 e. The quantitative estimate of drug-likeness (QED) is 0.866. The number of rotatable bonds is 3. The first-order valence-electron chi connectivity index (χ1n) is 4.11. The number of nitrogens with zero attached hydrogens (tertiary/aromatic N) is 2. The Bertz CT molecular complexity index is 400. The third-order valence-corrected chi connectivity index (χ3v) is 3.45. The van der Waals surface area contributed by atoms with Gasteiger partial charge in [0.15, 0.2) is 4.34 Å². The van der Waals surface area contributed by atoms with E-state index in [9.17, 15) is 0 Å². The van der Waals surface area contributed by atoms with Gasteiger partial charge in [-0.3, -0.25) is 0 Å². The van der Waals surface area contributed by atoms with E-state index in [1.54, 1.807) is 28.6 Å². The second-order valence-electron chi connectivity index (χ2n) is 2.66. The van der Waals surface area contributed by atoms with E-state index in [4.69, 9.17) is 5.73 Å². The van der Waals surface area contributed by atoms with E-state index < -0.39 is 0 Å². The summed E-state index contributed by atoms with van der Waals surface area (Å²) in [5, 5.41) is 7.75. The molecule has 2 rings (SSSR count). The van der Waals surface area contributed by atoms with Crippen LogP contribution < -0.4 is 5.73 Å². The molecule has 0 atom stereocenters.